The molecule has 28 heavy (non-hydrogen) atoms. The Labute approximate surface area is 167 Å². The maximum Gasteiger partial charge on any atom is 0.339 e. The molecule has 1 N–H and O–H groups in total. The second-order valence-electron chi connectivity index (χ2n) is 6.06. The number of hydrogen-bond acceptors (Lipinski definition) is 5. The second-order valence-corrected chi connectivity index (χ2v) is 6.49. The van der Waals surface area contributed by atoms with Crippen LogP contribution in [0.3, 0.4) is 0 Å². The Morgan fingerprint density at radius 2 is 1.86 bits per heavy atom. The fourth-order valence-electron chi connectivity index (χ4n) is 2.63. The molecule has 3 aromatic rings. The van der Waals surface area contributed by atoms with Gasteiger partial charge in [0.15, 0.2) is 6.61 Å². The van der Waals surface area contributed by atoms with Gasteiger partial charge < -0.3 is 14.8 Å². The van der Waals surface area contributed by atoms with Crippen LogP contribution in [0.1, 0.15) is 16.1 Å². The SMILES string of the molecule is Cc1cc(C(=O)OCC(=O)NCCOc2ccc(Cl)cc2)c2ccccc2n1. The third-order valence-electron chi connectivity index (χ3n) is 3.91. The van der Waals surface area contributed by atoms with Crippen molar-refractivity contribution in [3.63, 3.8) is 0 Å². The number of benzene rings is 2. The summed E-state index contributed by atoms with van der Waals surface area (Å²) in [5.41, 5.74) is 1.80. The van der Waals surface area contributed by atoms with E-state index in [1.54, 1.807) is 43.3 Å². The van der Waals surface area contributed by atoms with Crippen LogP contribution in [0, 0.1) is 6.92 Å². The zero-order valence-electron chi connectivity index (χ0n) is 15.3. The molecule has 3 rings (SSSR count). The van der Waals surface area contributed by atoms with Crippen molar-refractivity contribution in [1.29, 1.82) is 0 Å². The van der Waals surface area contributed by atoms with Gasteiger partial charge in [-0.15, -0.1) is 0 Å². The summed E-state index contributed by atoms with van der Waals surface area (Å²) in [7, 11) is 0. The van der Waals surface area contributed by atoms with E-state index < -0.39 is 11.9 Å². The standard InChI is InChI=1S/C21H19ClN2O4/c1-14-12-18(17-4-2-3-5-19(17)24-14)21(26)28-13-20(25)23-10-11-27-16-8-6-15(22)7-9-16/h2-9,12H,10-11,13H2,1H3,(H,23,25). The van der Waals surface area contributed by atoms with Gasteiger partial charge in [-0.2, -0.15) is 0 Å². The number of para-hydroxylation sites is 1. The molecule has 0 atom stereocenters. The van der Waals surface area contributed by atoms with E-state index in [1.165, 1.54) is 0 Å². The molecule has 1 heterocycles. The van der Waals surface area contributed by atoms with E-state index in [-0.39, 0.29) is 19.8 Å². The molecular weight excluding hydrogens is 380 g/mol. The van der Waals surface area contributed by atoms with Gasteiger partial charge in [-0.25, -0.2) is 4.79 Å². The lowest BCUT2D eigenvalue weighted by molar-refractivity contribution is -0.124. The molecule has 0 saturated heterocycles. The molecule has 0 fully saturated rings. The van der Waals surface area contributed by atoms with Crippen molar-refractivity contribution in [1.82, 2.24) is 10.3 Å². The van der Waals surface area contributed by atoms with Gasteiger partial charge in [0.2, 0.25) is 0 Å². The predicted molar refractivity (Wildman–Crippen MR) is 107 cm³/mol. The van der Waals surface area contributed by atoms with Crippen LogP contribution in [-0.4, -0.2) is 36.6 Å². The van der Waals surface area contributed by atoms with E-state index >= 15 is 0 Å². The summed E-state index contributed by atoms with van der Waals surface area (Å²) >= 11 is 5.80. The first kappa shape index (κ1) is 19.6. The molecule has 1 amide bonds. The van der Waals surface area contributed by atoms with Gasteiger partial charge in [-0.05, 0) is 43.3 Å². The van der Waals surface area contributed by atoms with Crippen molar-refractivity contribution >= 4 is 34.4 Å². The van der Waals surface area contributed by atoms with Gasteiger partial charge >= 0.3 is 5.97 Å². The smallest absolute Gasteiger partial charge is 0.339 e. The number of carbonyl (C=O) groups excluding carboxylic acids is 2. The third kappa shape index (κ3) is 5.20. The number of aromatic nitrogens is 1. The molecule has 0 aliphatic carbocycles. The lowest BCUT2D eigenvalue weighted by Crippen LogP contribution is -2.32. The number of halogens is 1. The number of ether oxygens (including phenoxy) is 2. The molecule has 0 aliphatic rings. The van der Waals surface area contributed by atoms with Gasteiger partial charge in [-0.1, -0.05) is 29.8 Å². The Kier molecular flexibility index (Phi) is 6.45. The monoisotopic (exact) mass is 398 g/mol. The van der Waals surface area contributed by atoms with Crippen LogP contribution in [0.5, 0.6) is 5.75 Å². The predicted octanol–water partition coefficient (Wildman–Crippen LogP) is 3.55. The highest BCUT2D eigenvalue weighted by atomic mass is 35.5. The second kappa shape index (κ2) is 9.19. The van der Waals surface area contributed by atoms with Crippen LogP contribution in [-0.2, 0) is 9.53 Å². The zero-order valence-corrected chi connectivity index (χ0v) is 16.0. The number of esters is 1. The van der Waals surface area contributed by atoms with Crippen LogP contribution >= 0.6 is 11.6 Å². The highest BCUT2D eigenvalue weighted by Crippen LogP contribution is 2.19. The number of hydrogen-bond donors (Lipinski definition) is 1. The fraction of sp³-hybridized carbons (Fsp3) is 0.190. The number of nitrogens with zero attached hydrogens (tertiary/aromatic N) is 1. The third-order valence-corrected chi connectivity index (χ3v) is 4.16. The lowest BCUT2D eigenvalue weighted by Gasteiger charge is -2.10. The van der Waals surface area contributed by atoms with Gasteiger partial charge in [0, 0.05) is 16.1 Å². The molecule has 2 aromatic carbocycles. The number of rotatable bonds is 7. The summed E-state index contributed by atoms with van der Waals surface area (Å²) in [6, 6.07) is 15.9. The highest BCUT2D eigenvalue weighted by molar-refractivity contribution is 6.30. The van der Waals surface area contributed by atoms with Crippen molar-refractivity contribution in [2.24, 2.45) is 0 Å². The van der Waals surface area contributed by atoms with Crippen molar-refractivity contribution in [3.05, 3.63) is 70.9 Å². The van der Waals surface area contributed by atoms with Gasteiger partial charge in [0.25, 0.3) is 5.91 Å². The summed E-state index contributed by atoms with van der Waals surface area (Å²) in [5.74, 6) is -0.303. The molecule has 0 unspecified atom stereocenters. The van der Waals surface area contributed by atoms with E-state index in [9.17, 15) is 9.59 Å². The van der Waals surface area contributed by atoms with E-state index in [0.29, 0.717) is 32.9 Å². The number of aryl methyl sites for hydroxylation is 1. The molecule has 0 radical (unpaired) electrons. The summed E-state index contributed by atoms with van der Waals surface area (Å²) in [4.78, 5) is 28.7. The Bertz CT molecular complexity index is 989. The summed E-state index contributed by atoms with van der Waals surface area (Å²) in [5, 5.41) is 3.95. The van der Waals surface area contributed by atoms with Crippen molar-refractivity contribution < 1.29 is 19.1 Å². The molecular formula is C21H19ClN2O4. The molecule has 0 aliphatic heterocycles. The summed E-state index contributed by atoms with van der Waals surface area (Å²) in [6.07, 6.45) is 0. The molecule has 144 valence electrons. The van der Waals surface area contributed by atoms with Gasteiger partial charge in [0.1, 0.15) is 12.4 Å². The number of nitrogens with one attached hydrogen (secondary N) is 1. The van der Waals surface area contributed by atoms with Crippen molar-refractivity contribution in [2.75, 3.05) is 19.8 Å². The lowest BCUT2D eigenvalue weighted by atomic mass is 10.1. The molecule has 6 nitrogen and oxygen atoms in total. The topological polar surface area (TPSA) is 77.5 Å². The number of fused-ring (bicyclic) bond motifs is 1. The van der Waals surface area contributed by atoms with Crippen LogP contribution in [0.15, 0.2) is 54.6 Å². The Balaban J connectivity index is 1.47. The van der Waals surface area contributed by atoms with E-state index in [2.05, 4.69) is 10.3 Å². The number of carbonyl (C=O) groups is 2. The van der Waals surface area contributed by atoms with E-state index in [4.69, 9.17) is 21.1 Å². The minimum absolute atomic E-state index is 0.287. The average molecular weight is 399 g/mol. The quantitative estimate of drug-likeness (QED) is 0.486. The molecule has 0 spiro atoms. The van der Waals surface area contributed by atoms with Gasteiger partial charge in [0.05, 0.1) is 17.6 Å². The largest absolute Gasteiger partial charge is 0.492 e. The molecule has 0 saturated carbocycles. The maximum atomic E-state index is 12.4. The van der Waals surface area contributed by atoms with Crippen molar-refractivity contribution in [3.8, 4) is 5.75 Å². The van der Waals surface area contributed by atoms with Crippen LogP contribution < -0.4 is 10.1 Å². The summed E-state index contributed by atoms with van der Waals surface area (Å²) < 4.78 is 10.6. The molecule has 0 bridgehead atoms. The van der Waals surface area contributed by atoms with Crippen molar-refractivity contribution in [2.45, 2.75) is 6.92 Å². The molecule has 7 heteroatoms. The van der Waals surface area contributed by atoms with Crippen LogP contribution in [0.4, 0.5) is 0 Å². The van der Waals surface area contributed by atoms with Gasteiger partial charge in [-0.3, -0.25) is 9.78 Å². The van der Waals surface area contributed by atoms with Crippen LogP contribution in [0.25, 0.3) is 10.9 Å². The Morgan fingerprint density at radius 3 is 2.64 bits per heavy atom. The number of pyridine rings is 1. The normalized spacial score (nSPS) is 10.5. The number of amides is 1. The highest BCUT2D eigenvalue weighted by Gasteiger charge is 2.14. The average Bonchev–Trinajstić information content (AvgIpc) is 2.70. The van der Waals surface area contributed by atoms with Crippen LogP contribution in [0.2, 0.25) is 5.02 Å². The first-order valence-electron chi connectivity index (χ1n) is 8.71. The molecule has 1 aromatic heterocycles. The Hall–Kier alpha value is -3.12. The maximum absolute atomic E-state index is 12.4. The minimum atomic E-state index is -0.561. The first-order chi connectivity index (χ1) is 13.5. The fourth-order valence-corrected chi connectivity index (χ4v) is 2.75. The van der Waals surface area contributed by atoms with E-state index in [1.807, 2.05) is 18.2 Å². The minimum Gasteiger partial charge on any atom is -0.492 e. The Morgan fingerprint density at radius 1 is 1.11 bits per heavy atom. The summed E-state index contributed by atoms with van der Waals surface area (Å²) in [6.45, 7) is 2.01. The first-order valence-corrected chi connectivity index (χ1v) is 9.09. The van der Waals surface area contributed by atoms with E-state index in [0.717, 1.165) is 0 Å². The zero-order chi connectivity index (χ0) is 19.9.